The number of amides is 2. The lowest BCUT2D eigenvalue weighted by Crippen LogP contribution is -2.54. The van der Waals surface area contributed by atoms with Crippen molar-refractivity contribution < 1.29 is 9.59 Å². The van der Waals surface area contributed by atoms with Crippen molar-refractivity contribution in [1.82, 2.24) is 9.88 Å². The number of aryl methyl sites for hydroxylation is 1. The zero-order valence-electron chi connectivity index (χ0n) is 16.3. The number of nitrogens with zero attached hydrogens (tertiary/aromatic N) is 2. The molecule has 7 heteroatoms. The number of hydrogen-bond donors (Lipinski definition) is 1. The predicted octanol–water partition coefficient (Wildman–Crippen LogP) is 4.53. The average Bonchev–Trinajstić information content (AvgIpc) is 3.00. The van der Waals surface area contributed by atoms with Crippen molar-refractivity contribution in [3.05, 3.63) is 86.8 Å². The van der Waals surface area contributed by atoms with Crippen LogP contribution in [0.15, 0.2) is 66.2 Å². The highest BCUT2D eigenvalue weighted by molar-refractivity contribution is 14.1. The molecule has 1 aliphatic rings. The van der Waals surface area contributed by atoms with Gasteiger partial charge in [-0.15, -0.1) is 0 Å². The van der Waals surface area contributed by atoms with E-state index in [2.05, 4.69) is 32.5 Å². The lowest BCUT2D eigenvalue weighted by Gasteiger charge is -2.28. The third-order valence-electron chi connectivity index (χ3n) is 4.97. The normalized spacial score (nSPS) is 15.6. The molecule has 2 amide bonds. The summed E-state index contributed by atoms with van der Waals surface area (Å²) in [5.41, 5.74) is 4.46. The summed E-state index contributed by atoms with van der Waals surface area (Å²) in [5, 5.41) is 2.71. The van der Waals surface area contributed by atoms with E-state index in [4.69, 9.17) is 12.2 Å². The van der Waals surface area contributed by atoms with E-state index < -0.39 is 11.8 Å². The van der Waals surface area contributed by atoms with Gasteiger partial charge >= 0.3 is 0 Å². The van der Waals surface area contributed by atoms with Crippen LogP contribution < -0.4 is 10.2 Å². The Kier molecular flexibility index (Phi) is 5.57. The molecule has 1 fully saturated rings. The lowest BCUT2D eigenvalue weighted by atomic mass is 10.1. The van der Waals surface area contributed by atoms with Gasteiger partial charge in [0.1, 0.15) is 5.57 Å². The Morgan fingerprint density at radius 1 is 0.967 bits per heavy atom. The number of halogens is 1. The maximum atomic E-state index is 13.2. The van der Waals surface area contributed by atoms with Crippen LogP contribution in [0.1, 0.15) is 17.0 Å². The van der Waals surface area contributed by atoms with Crippen molar-refractivity contribution in [3.8, 4) is 5.69 Å². The van der Waals surface area contributed by atoms with Crippen molar-refractivity contribution in [1.29, 1.82) is 0 Å². The van der Waals surface area contributed by atoms with Crippen molar-refractivity contribution in [2.24, 2.45) is 0 Å². The molecule has 4 rings (SSSR count). The maximum absolute atomic E-state index is 13.2. The molecule has 0 atom stereocenters. The Morgan fingerprint density at radius 3 is 2.30 bits per heavy atom. The maximum Gasteiger partial charge on any atom is 0.270 e. The molecule has 0 aliphatic carbocycles. The highest BCUT2D eigenvalue weighted by Crippen LogP contribution is 2.26. The molecule has 3 aromatic rings. The molecule has 1 aliphatic heterocycles. The van der Waals surface area contributed by atoms with Gasteiger partial charge in [-0.2, -0.15) is 0 Å². The number of carbonyl (C=O) groups excluding carboxylic acids is 2. The van der Waals surface area contributed by atoms with E-state index >= 15 is 0 Å². The van der Waals surface area contributed by atoms with Crippen LogP contribution >= 0.6 is 34.8 Å². The zero-order chi connectivity index (χ0) is 21.4. The minimum Gasteiger partial charge on any atom is -0.318 e. The molecule has 0 spiro atoms. The summed E-state index contributed by atoms with van der Waals surface area (Å²) in [6.45, 7) is 3.98. The third-order valence-corrected chi connectivity index (χ3v) is 5.97. The predicted molar refractivity (Wildman–Crippen MR) is 131 cm³/mol. The molecule has 30 heavy (non-hydrogen) atoms. The van der Waals surface area contributed by atoms with E-state index in [1.807, 2.05) is 62.4 Å². The van der Waals surface area contributed by atoms with Gasteiger partial charge in [0.05, 0.1) is 5.69 Å². The number of rotatable bonds is 3. The molecule has 1 N–H and O–H groups in total. The zero-order valence-corrected chi connectivity index (χ0v) is 19.3. The van der Waals surface area contributed by atoms with Crippen LogP contribution in [0.4, 0.5) is 5.69 Å². The molecule has 0 unspecified atom stereocenters. The summed E-state index contributed by atoms with van der Waals surface area (Å²) in [5.74, 6) is -0.926. The first kappa shape index (κ1) is 20.5. The Morgan fingerprint density at radius 2 is 1.63 bits per heavy atom. The van der Waals surface area contributed by atoms with Crippen LogP contribution in [-0.4, -0.2) is 21.5 Å². The average molecular weight is 527 g/mol. The van der Waals surface area contributed by atoms with E-state index in [0.717, 1.165) is 26.2 Å². The van der Waals surface area contributed by atoms with Gasteiger partial charge in [-0.3, -0.25) is 19.8 Å². The third kappa shape index (κ3) is 3.70. The smallest absolute Gasteiger partial charge is 0.270 e. The summed E-state index contributed by atoms with van der Waals surface area (Å²) in [4.78, 5) is 27.1. The fourth-order valence-electron chi connectivity index (χ4n) is 3.55. The first-order valence-corrected chi connectivity index (χ1v) is 10.8. The van der Waals surface area contributed by atoms with Crippen LogP contribution in [0, 0.1) is 17.4 Å². The number of benzene rings is 2. The van der Waals surface area contributed by atoms with Gasteiger partial charge in [0, 0.05) is 20.6 Å². The number of carbonyl (C=O) groups is 2. The van der Waals surface area contributed by atoms with E-state index in [1.54, 1.807) is 18.2 Å². The second-order valence-corrected chi connectivity index (χ2v) is 8.56. The van der Waals surface area contributed by atoms with Gasteiger partial charge in [0.15, 0.2) is 5.11 Å². The number of thiocarbonyl (C=S) groups is 1. The molecule has 2 aromatic carbocycles. The van der Waals surface area contributed by atoms with E-state index in [0.29, 0.717) is 5.69 Å². The van der Waals surface area contributed by atoms with Crippen molar-refractivity contribution in [2.75, 3.05) is 4.90 Å². The number of para-hydroxylation sites is 1. The van der Waals surface area contributed by atoms with Crippen LogP contribution in [-0.2, 0) is 9.59 Å². The first-order valence-electron chi connectivity index (χ1n) is 9.28. The van der Waals surface area contributed by atoms with Gasteiger partial charge in [-0.05, 0) is 103 Å². The van der Waals surface area contributed by atoms with Gasteiger partial charge in [0.2, 0.25) is 0 Å². The van der Waals surface area contributed by atoms with E-state index in [-0.39, 0.29) is 10.7 Å². The number of nitrogens with one attached hydrogen (secondary N) is 1. The summed E-state index contributed by atoms with van der Waals surface area (Å²) in [6.07, 6.45) is 1.64. The molecule has 1 saturated heterocycles. The van der Waals surface area contributed by atoms with Crippen molar-refractivity contribution in [3.63, 3.8) is 0 Å². The minimum absolute atomic E-state index is 0.0512. The highest BCUT2D eigenvalue weighted by atomic mass is 127. The first-order chi connectivity index (χ1) is 14.4. The molecular formula is C23H18IN3O2S. The molecule has 2 heterocycles. The monoisotopic (exact) mass is 527 g/mol. The van der Waals surface area contributed by atoms with Crippen LogP contribution in [0.3, 0.4) is 0 Å². The molecule has 0 saturated carbocycles. The van der Waals surface area contributed by atoms with Gasteiger partial charge < -0.3 is 4.57 Å². The second-order valence-electron chi connectivity index (χ2n) is 6.93. The second kappa shape index (κ2) is 8.16. The largest absolute Gasteiger partial charge is 0.318 e. The van der Waals surface area contributed by atoms with Gasteiger partial charge in [-0.25, -0.2) is 0 Å². The van der Waals surface area contributed by atoms with Crippen molar-refractivity contribution >= 4 is 63.5 Å². The molecule has 0 bridgehead atoms. The van der Waals surface area contributed by atoms with Crippen molar-refractivity contribution in [2.45, 2.75) is 13.8 Å². The highest BCUT2D eigenvalue weighted by Gasteiger charge is 2.34. The van der Waals surface area contributed by atoms with E-state index in [9.17, 15) is 9.59 Å². The summed E-state index contributed by atoms with van der Waals surface area (Å²) >= 11 is 7.52. The summed E-state index contributed by atoms with van der Waals surface area (Å²) in [6, 6.07) is 19.2. The molecular weight excluding hydrogens is 509 g/mol. The fourth-order valence-corrected chi connectivity index (χ4v) is 4.19. The summed E-state index contributed by atoms with van der Waals surface area (Å²) in [7, 11) is 0. The number of hydrogen-bond acceptors (Lipinski definition) is 3. The number of aromatic nitrogens is 1. The van der Waals surface area contributed by atoms with E-state index in [1.165, 1.54) is 4.90 Å². The van der Waals surface area contributed by atoms with Crippen LogP contribution in [0.5, 0.6) is 0 Å². The minimum atomic E-state index is -0.490. The Labute approximate surface area is 193 Å². The molecule has 150 valence electrons. The summed E-state index contributed by atoms with van der Waals surface area (Å²) < 4.78 is 3.26. The molecule has 0 radical (unpaired) electrons. The molecule has 5 nitrogen and oxygen atoms in total. The van der Waals surface area contributed by atoms with Gasteiger partial charge in [0.25, 0.3) is 11.8 Å². The fraction of sp³-hybridized carbons (Fsp3) is 0.0870. The van der Waals surface area contributed by atoms with Crippen LogP contribution in [0.2, 0.25) is 0 Å². The number of anilines is 1. The Balaban J connectivity index is 1.76. The Bertz CT molecular complexity index is 1200. The lowest BCUT2D eigenvalue weighted by molar-refractivity contribution is -0.122. The molecule has 1 aromatic heterocycles. The SMILES string of the molecule is Cc1cc(/C=C2/C(=O)NC(=S)N(c3ccccc3)C2=O)c(C)n1-c1ccc(I)cc1. The Hall–Kier alpha value is -2.78. The standard InChI is InChI=1S/C23H18IN3O2S/c1-14-12-16(15(2)26(14)19-10-8-17(24)9-11-19)13-20-21(28)25-23(30)27(22(20)29)18-6-4-3-5-7-18/h3-13H,1-2H3,(H,25,28,30)/b20-13-. The quantitative estimate of drug-likeness (QED) is 0.236. The van der Waals surface area contributed by atoms with Crippen LogP contribution in [0.25, 0.3) is 11.8 Å². The van der Waals surface area contributed by atoms with Gasteiger partial charge in [-0.1, -0.05) is 18.2 Å². The topological polar surface area (TPSA) is 54.3 Å².